The standard InChI is InChI=1S/C22H25NO4S/c1-25-17-7-5-4-6-16(17)22(10-11-22)21(24)23-12-13-28-20(23)15-8-9-18(26-2)19(14-15)27-3/h4-9,14,20H,10-13H2,1-3H3. The maximum Gasteiger partial charge on any atom is 0.234 e. The highest BCUT2D eigenvalue weighted by Gasteiger charge is 2.56. The second-order valence-corrected chi connectivity index (χ2v) is 8.31. The van der Waals surface area contributed by atoms with Crippen LogP contribution in [-0.2, 0) is 10.2 Å². The molecule has 0 radical (unpaired) electrons. The minimum Gasteiger partial charge on any atom is -0.496 e. The number of rotatable bonds is 6. The van der Waals surface area contributed by atoms with E-state index in [-0.39, 0.29) is 11.3 Å². The van der Waals surface area contributed by atoms with Gasteiger partial charge in [-0.2, -0.15) is 0 Å². The summed E-state index contributed by atoms with van der Waals surface area (Å²) in [4.78, 5) is 15.7. The van der Waals surface area contributed by atoms with E-state index in [9.17, 15) is 4.79 Å². The highest BCUT2D eigenvalue weighted by molar-refractivity contribution is 7.99. The maximum atomic E-state index is 13.7. The molecule has 2 aromatic carbocycles. The zero-order valence-electron chi connectivity index (χ0n) is 16.4. The molecule has 148 valence electrons. The molecule has 1 unspecified atom stereocenters. The second-order valence-electron chi connectivity index (χ2n) is 7.12. The van der Waals surface area contributed by atoms with E-state index in [4.69, 9.17) is 14.2 Å². The molecule has 2 aliphatic rings. The predicted octanol–water partition coefficient (Wildman–Crippen LogP) is 4.02. The number of amides is 1. The van der Waals surface area contributed by atoms with Crippen molar-refractivity contribution in [1.29, 1.82) is 0 Å². The summed E-state index contributed by atoms with van der Waals surface area (Å²) >= 11 is 1.79. The number of carbonyl (C=O) groups excluding carboxylic acids is 1. The summed E-state index contributed by atoms with van der Waals surface area (Å²) in [7, 11) is 4.92. The Labute approximate surface area is 170 Å². The first kappa shape index (κ1) is 19.0. The summed E-state index contributed by atoms with van der Waals surface area (Å²) < 4.78 is 16.4. The van der Waals surface area contributed by atoms with Gasteiger partial charge in [-0.25, -0.2) is 0 Å². The number of ether oxygens (including phenoxy) is 3. The average Bonchev–Trinajstić information content (AvgIpc) is 3.41. The van der Waals surface area contributed by atoms with Gasteiger partial charge >= 0.3 is 0 Å². The third-order valence-corrected chi connectivity index (χ3v) is 6.89. The van der Waals surface area contributed by atoms with E-state index in [1.165, 1.54) is 0 Å². The van der Waals surface area contributed by atoms with Gasteiger partial charge in [0.25, 0.3) is 0 Å². The highest BCUT2D eigenvalue weighted by atomic mass is 32.2. The zero-order valence-corrected chi connectivity index (χ0v) is 17.3. The van der Waals surface area contributed by atoms with Crippen LogP contribution < -0.4 is 14.2 Å². The Hall–Kier alpha value is -2.34. The smallest absolute Gasteiger partial charge is 0.234 e. The normalized spacial score (nSPS) is 20.0. The van der Waals surface area contributed by atoms with Gasteiger partial charge in [-0.3, -0.25) is 4.79 Å². The fourth-order valence-electron chi connectivity index (χ4n) is 4.00. The van der Waals surface area contributed by atoms with Crippen LogP contribution in [0.5, 0.6) is 17.2 Å². The molecule has 2 fully saturated rings. The third-order valence-electron chi connectivity index (χ3n) is 5.63. The number of hydrogen-bond donors (Lipinski definition) is 0. The van der Waals surface area contributed by atoms with Gasteiger partial charge in [-0.05, 0) is 36.6 Å². The Morgan fingerprint density at radius 1 is 1.00 bits per heavy atom. The number of hydrogen-bond acceptors (Lipinski definition) is 5. The molecule has 1 amide bonds. The van der Waals surface area contributed by atoms with Gasteiger partial charge in [0.2, 0.25) is 5.91 Å². The van der Waals surface area contributed by atoms with Crippen LogP contribution in [-0.4, -0.2) is 44.4 Å². The molecular weight excluding hydrogens is 374 g/mol. The summed E-state index contributed by atoms with van der Waals surface area (Å²) in [5, 5.41) is -0.0144. The van der Waals surface area contributed by atoms with Crippen LogP contribution in [0.4, 0.5) is 0 Å². The van der Waals surface area contributed by atoms with Gasteiger partial charge in [-0.15, -0.1) is 11.8 Å². The molecule has 0 spiro atoms. The summed E-state index contributed by atoms with van der Waals surface area (Å²) in [6, 6.07) is 13.8. The second kappa shape index (κ2) is 7.59. The van der Waals surface area contributed by atoms with Crippen LogP contribution in [0, 0.1) is 0 Å². The molecule has 1 aliphatic carbocycles. The molecule has 4 rings (SSSR count). The number of para-hydroxylation sites is 1. The molecule has 2 aromatic rings. The molecule has 28 heavy (non-hydrogen) atoms. The van der Waals surface area contributed by atoms with Gasteiger partial charge in [0.15, 0.2) is 11.5 Å². The number of thioether (sulfide) groups is 1. The summed E-state index contributed by atoms with van der Waals surface area (Å²) in [6.07, 6.45) is 1.73. The minimum absolute atomic E-state index is 0.0144. The van der Waals surface area contributed by atoms with Crippen molar-refractivity contribution in [2.24, 2.45) is 0 Å². The number of nitrogens with zero attached hydrogens (tertiary/aromatic N) is 1. The topological polar surface area (TPSA) is 48.0 Å². The Bertz CT molecular complexity index is 881. The van der Waals surface area contributed by atoms with Crippen LogP contribution in [0.1, 0.15) is 29.3 Å². The predicted molar refractivity (Wildman–Crippen MR) is 110 cm³/mol. The fraction of sp³-hybridized carbons (Fsp3) is 0.409. The van der Waals surface area contributed by atoms with Crippen molar-refractivity contribution in [3.63, 3.8) is 0 Å². The Morgan fingerprint density at radius 2 is 1.71 bits per heavy atom. The Kier molecular flexibility index (Phi) is 5.15. The van der Waals surface area contributed by atoms with Crippen molar-refractivity contribution in [2.75, 3.05) is 33.6 Å². The first-order chi connectivity index (χ1) is 13.6. The number of benzene rings is 2. The maximum absolute atomic E-state index is 13.7. The first-order valence-electron chi connectivity index (χ1n) is 9.42. The van der Waals surface area contributed by atoms with E-state index < -0.39 is 5.41 Å². The van der Waals surface area contributed by atoms with Gasteiger partial charge in [0, 0.05) is 17.9 Å². The van der Waals surface area contributed by atoms with Gasteiger partial charge in [0.1, 0.15) is 11.1 Å². The summed E-state index contributed by atoms with van der Waals surface area (Å²) in [5.74, 6) is 3.29. The summed E-state index contributed by atoms with van der Waals surface area (Å²) in [6.45, 7) is 0.749. The monoisotopic (exact) mass is 399 g/mol. The van der Waals surface area contributed by atoms with E-state index in [0.29, 0.717) is 11.5 Å². The van der Waals surface area contributed by atoms with E-state index >= 15 is 0 Å². The molecular formula is C22H25NO4S. The molecule has 1 atom stereocenters. The molecule has 6 heteroatoms. The Morgan fingerprint density at radius 3 is 2.39 bits per heavy atom. The average molecular weight is 400 g/mol. The molecule has 5 nitrogen and oxygen atoms in total. The fourth-order valence-corrected chi connectivity index (χ4v) is 5.24. The van der Waals surface area contributed by atoms with Crippen molar-refractivity contribution >= 4 is 17.7 Å². The number of methoxy groups -OCH3 is 3. The van der Waals surface area contributed by atoms with Gasteiger partial charge in [0.05, 0.1) is 26.7 Å². The largest absolute Gasteiger partial charge is 0.496 e. The van der Waals surface area contributed by atoms with Crippen molar-refractivity contribution in [3.8, 4) is 17.2 Å². The van der Waals surface area contributed by atoms with Crippen molar-refractivity contribution in [2.45, 2.75) is 23.6 Å². The lowest BCUT2D eigenvalue weighted by Gasteiger charge is -2.29. The van der Waals surface area contributed by atoms with E-state index in [1.807, 2.05) is 47.4 Å². The molecule has 1 heterocycles. The number of carbonyl (C=O) groups is 1. The van der Waals surface area contributed by atoms with Gasteiger partial charge in [-0.1, -0.05) is 24.3 Å². The van der Waals surface area contributed by atoms with Crippen molar-refractivity contribution < 1.29 is 19.0 Å². The minimum atomic E-state index is -0.452. The van der Waals surface area contributed by atoms with Crippen molar-refractivity contribution in [3.05, 3.63) is 53.6 Å². The quantitative estimate of drug-likeness (QED) is 0.734. The SMILES string of the molecule is COc1ccc(C2SCCN2C(=O)C2(c3ccccc3OC)CC2)cc1OC. The van der Waals surface area contributed by atoms with Crippen molar-refractivity contribution in [1.82, 2.24) is 4.90 Å². The van der Waals surface area contributed by atoms with E-state index in [0.717, 1.165) is 42.0 Å². The van der Waals surface area contributed by atoms with Crippen LogP contribution in [0.25, 0.3) is 0 Å². The lowest BCUT2D eigenvalue weighted by molar-refractivity contribution is -0.134. The lowest BCUT2D eigenvalue weighted by atomic mass is 9.93. The molecule has 0 aromatic heterocycles. The summed E-state index contributed by atoms with van der Waals surface area (Å²) in [5.41, 5.74) is 1.61. The van der Waals surface area contributed by atoms with E-state index in [2.05, 4.69) is 0 Å². The van der Waals surface area contributed by atoms with Crippen LogP contribution in [0.3, 0.4) is 0 Å². The molecule has 0 bridgehead atoms. The molecule has 0 N–H and O–H groups in total. The zero-order chi connectivity index (χ0) is 19.7. The van der Waals surface area contributed by atoms with Crippen LogP contribution in [0.15, 0.2) is 42.5 Å². The molecule has 1 saturated carbocycles. The van der Waals surface area contributed by atoms with Crippen LogP contribution in [0.2, 0.25) is 0 Å². The van der Waals surface area contributed by atoms with Crippen LogP contribution >= 0.6 is 11.8 Å². The molecule has 1 aliphatic heterocycles. The lowest BCUT2D eigenvalue weighted by Crippen LogP contribution is -2.39. The highest BCUT2D eigenvalue weighted by Crippen LogP contribution is 2.54. The van der Waals surface area contributed by atoms with E-state index in [1.54, 1.807) is 33.1 Å². The first-order valence-corrected chi connectivity index (χ1v) is 10.5. The Balaban J connectivity index is 1.64. The van der Waals surface area contributed by atoms with Gasteiger partial charge < -0.3 is 19.1 Å². The third kappa shape index (κ3) is 3.09. The molecule has 1 saturated heterocycles.